The minimum atomic E-state index is -0.0973. The maximum atomic E-state index is 12.1. The van der Waals surface area contributed by atoms with Gasteiger partial charge in [-0.25, -0.2) is 4.98 Å². The van der Waals surface area contributed by atoms with Crippen LogP contribution in [0.15, 0.2) is 41.3 Å². The molecule has 0 fully saturated rings. The van der Waals surface area contributed by atoms with Crippen molar-refractivity contribution in [1.82, 2.24) is 15.0 Å². The van der Waals surface area contributed by atoms with E-state index in [1.165, 1.54) is 0 Å². The number of hydrogen-bond donors (Lipinski definition) is 2. The number of rotatable bonds is 2. The molecule has 2 heterocycles. The van der Waals surface area contributed by atoms with Crippen LogP contribution in [0.25, 0.3) is 22.4 Å². The van der Waals surface area contributed by atoms with E-state index in [0.29, 0.717) is 11.2 Å². The molecule has 0 saturated carbocycles. The standard InChI is InChI=1S/C14H13N3O/c1-2-9-5-6-11-10(8-9)14(18)17-13(16-11)12-4-3-7-15-12/h3-8,15H,2H2,1H3,(H,16,17,18). The molecule has 0 aliphatic carbocycles. The Morgan fingerprint density at radius 2 is 2.17 bits per heavy atom. The summed E-state index contributed by atoms with van der Waals surface area (Å²) in [4.78, 5) is 22.4. The summed E-state index contributed by atoms with van der Waals surface area (Å²) in [7, 11) is 0. The lowest BCUT2D eigenvalue weighted by Crippen LogP contribution is -2.10. The van der Waals surface area contributed by atoms with Gasteiger partial charge in [-0.05, 0) is 36.2 Å². The van der Waals surface area contributed by atoms with Gasteiger partial charge in [0, 0.05) is 6.20 Å². The fraction of sp³-hybridized carbons (Fsp3) is 0.143. The first kappa shape index (κ1) is 10.8. The molecule has 3 aromatic rings. The van der Waals surface area contributed by atoms with Crippen molar-refractivity contribution >= 4 is 10.9 Å². The van der Waals surface area contributed by atoms with Crippen molar-refractivity contribution in [3.05, 3.63) is 52.4 Å². The predicted octanol–water partition coefficient (Wildman–Crippen LogP) is 2.48. The minimum absolute atomic E-state index is 0.0973. The minimum Gasteiger partial charge on any atom is -0.359 e. The van der Waals surface area contributed by atoms with E-state index in [-0.39, 0.29) is 5.56 Å². The van der Waals surface area contributed by atoms with E-state index in [1.54, 1.807) is 6.20 Å². The second-order valence-corrected chi connectivity index (χ2v) is 4.20. The number of aryl methyl sites for hydroxylation is 1. The maximum absolute atomic E-state index is 12.1. The van der Waals surface area contributed by atoms with Crippen molar-refractivity contribution in [2.24, 2.45) is 0 Å². The van der Waals surface area contributed by atoms with E-state index in [9.17, 15) is 4.79 Å². The second-order valence-electron chi connectivity index (χ2n) is 4.20. The van der Waals surface area contributed by atoms with Gasteiger partial charge < -0.3 is 9.97 Å². The Hall–Kier alpha value is -2.36. The maximum Gasteiger partial charge on any atom is 0.259 e. The zero-order valence-electron chi connectivity index (χ0n) is 10.0. The fourth-order valence-corrected chi connectivity index (χ4v) is 2.01. The molecule has 0 bridgehead atoms. The highest BCUT2D eigenvalue weighted by Crippen LogP contribution is 2.15. The first-order valence-corrected chi connectivity index (χ1v) is 5.94. The van der Waals surface area contributed by atoms with E-state index in [4.69, 9.17) is 0 Å². The van der Waals surface area contributed by atoms with Crippen LogP contribution in [0.3, 0.4) is 0 Å². The van der Waals surface area contributed by atoms with Gasteiger partial charge in [-0.1, -0.05) is 13.0 Å². The van der Waals surface area contributed by atoms with Gasteiger partial charge in [0.15, 0.2) is 5.82 Å². The molecule has 2 N–H and O–H groups in total. The van der Waals surface area contributed by atoms with Crippen molar-refractivity contribution in [1.29, 1.82) is 0 Å². The average molecular weight is 239 g/mol. The van der Waals surface area contributed by atoms with Crippen LogP contribution < -0.4 is 5.56 Å². The molecule has 0 atom stereocenters. The topological polar surface area (TPSA) is 61.5 Å². The monoisotopic (exact) mass is 239 g/mol. The van der Waals surface area contributed by atoms with E-state index in [0.717, 1.165) is 23.2 Å². The molecule has 0 saturated heterocycles. The summed E-state index contributed by atoms with van der Waals surface area (Å²) in [6.07, 6.45) is 2.72. The number of nitrogens with zero attached hydrogens (tertiary/aromatic N) is 1. The van der Waals surface area contributed by atoms with Crippen LogP contribution in [0.2, 0.25) is 0 Å². The molecule has 0 unspecified atom stereocenters. The molecule has 0 aliphatic rings. The van der Waals surface area contributed by atoms with E-state index < -0.39 is 0 Å². The predicted molar refractivity (Wildman–Crippen MR) is 71.5 cm³/mol. The molecular weight excluding hydrogens is 226 g/mol. The third-order valence-corrected chi connectivity index (χ3v) is 3.03. The average Bonchev–Trinajstić information content (AvgIpc) is 2.92. The zero-order chi connectivity index (χ0) is 12.5. The lowest BCUT2D eigenvalue weighted by atomic mass is 10.1. The number of fused-ring (bicyclic) bond motifs is 1. The summed E-state index contributed by atoms with van der Waals surface area (Å²) in [6.45, 7) is 2.07. The number of hydrogen-bond acceptors (Lipinski definition) is 2. The van der Waals surface area contributed by atoms with Crippen LogP contribution >= 0.6 is 0 Å². The third kappa shape index (κ3) is 1.72. The Bertz CT molecular complexity index is 741. The molecule has 2 aromatic heterocycles. The Balaban J connectivity index is 2.26. The third-order valence-electron chi connectivity index (χ3n) is 3.03. The van der Waals surface area contributed by atoms with Gasteiger partial charge >= 0.3 is 0 Å². The smallest absolute Gasteiger partial charge is 0.259 e. The van der Waals surface area contributed by atoms with Crippen LogP contribution in [0.5, 0.6) is 0 Å². The summed E-state index contributed by atoms with van der Waals surface area (Å²) in [5, 5.41) is 0.643. The number of benzene rings is 1. The van der Waals surface area contributed by atoms with Crippen LogP contribution in [0.1, 0.15) is 12.5 Å². The fourth-order valence-electron chi connectivity index (χ4n) is 2.01. The highest BCUT2D eigenvalue weighted by Gasteiger charge is 2.06. The summed E-state index contributed by atoms with van der Waals surface area (Å²) in [5.74, 6) is 0.571. The van der Waals surface area contributed by atoms with Gasteiger partial charge in [0.05, 0.1) is 16.6 Å². The number of nitrogens with one attached hydrogen (secondary N) is 2. The molecule has 0 aliphatic heterocycles. The van der Waals surface area contributed by atoms with Gasteiger partial charge in [-0.2, -0.15) is 0 Å². The second kappa shape index (κ2) is 4.14. The van der Waals surface area contributed by atoms with Gasteiger partial charge in [-0.15, -0.1) is 0 Å². The number of aromatic nitrogens is 3. The quantitative estimate of drug-likeness (QED) is 0.721. The van der Waals surface area contributed by atoms with Crippen molar-refractivity contribution in [3.63, 3.8) is 0 Å². The van der Waals surface area contributed by atoms with Crippen LogP contribution in [0, 0.1) is 0 Å². The zero-order valence-corrected chi connectivity index (χ0v) is 10.0. The molecule has 1 aromatic carbocycles. The van der Waals surface area contributed by atoms with Crippen LogP contribution in [0.4, 0.5) is 0 Å². The Morgan fingerprint density at radius 1 is 1.28 bits per heavy atom. The Kier molecular flexibility index (Phi) is 2.48. The largest absolute Gasteiger partial charge is 0.359 e. The molecule has 0 radical (unpaired) electrons. The lowest BCUT2D eigenvalue weighted by Gasteiger charge is -2.03. The van der Waals surface area contributed by atoms with Crippen LogP contribution in [-0.2, 0) is 6.42 Å². The van der Waals surface area contributed by atoms with E-state index in [2.05, 4.69) is 21.9 Å². The summed E-state index contributed by atoms with van der Waals surface area (Å²) in [6, 6.07) is 9.56. The van der Waals surface area contributed by atoms with Gasteiger partial charge in [0.1, 0.15) is 0 Å². The normalized spacial score (nSPS) is 10.9. The number of aromatic amines is 2. The number of H-pyrrole nitrogens is 2. The van der Waals surface area contributed by atoms with Crippen molar-refractivity contribution in [2.45, 2.75) is 13.3 Å². The van der Waals surface area contributed by atoms with Gasteiger partial charge in [0.2, 0.25) is 0 Å². The SMILES string of the molecule is CCc1ccc2nc(-c3ccc[nH]3)[nH]c(=O)c2c1. The Morgan fingerprint density at radius 3 is 2.89 bits per heavy atom. The molecule has 0 amide bonds. The summed E-state index contributed by atoms with van der Waals surface area (Å²) in [5.41, 5.74) is 2.58. The molecule has 18 heavy (non-hydrogen) atoms. The van der Waals surface area contributed by atoms with Crippen molar-refractivity contribution < 1.29 is 0 Å². The van der Waals surface area contributed by atoms with Gasteiger partial charge in [0.25, 0.3) is 5.56 Å². The lowest BCUT2D eigenvalue weighted by molar-refractivity contribution is 1.13. The molecule has 0 spiro atoms. The Labute approximate surface area is 104 Å². The highest BCUT2D eigenvalue weighted by molar-refractivity contribution is 5.79. The molecular formula is C14H13N3O. The molecule has 4 nitrogen and oxygen atoms in total. The molecule has 3 rings (SSSR count). The molecule has 90 valence electrons. The van der Waals surface area contributed by atoms with Gasteiger partial charge in [-0.3, -0.25) is 4.79 Å². The van der Waals surface area contributed by atoms with Crippen molar-refractivity contribution in [3.8, 4) is 11.5 Å². The first-order valence-electron chi connectivity index (χ1n) is 5.94. The summed E-state index contributed by atoms with van der Waals surface area (Å²) >= 11 is 0. The van der Waals surface area contributed by atoms with E-state index >= 15 is 0 Å². The van der Waals surface area contributed by atoms with Crippen molar-refractivity contribution in [2.75, 3.05) is 0 Å². The molecule has 4 heteroatoms. The van der Waals surface area contributed by atoms with E-state index in [1.807, 2.05) is 30.3 Å². The first-order chi connectivity index (χ1) is 8.78. The highest BCUT2D eigenvalue weighted by atomic mass is 16.1. The van der Waals surface area contributed by atoms with Crippen LogP contribution in [-0.4, -0.2) is 15.0 Å². The summed E-state index contributed by atoms with van der Waals surface area (Å²) < 4.78 is 0.